The third-order valence-electron chi connectivity index (χ3n) is 4.99. The third kappa shape index (κ3) is 2.95. The summed E-state index contributed by atoms with van der Waals surface area (Å²) in [7, 11) is 0. The van der Waals surface area contributed by atoms with E-state index in [1.807, 2.05) is 0 Å². The number of hydrogen-bond acceptors (Lipinski definition) is 4. The first-order valence-electron chi connectivity index (χ1n) is 9.15. The summed E-state index contributed by atoms with van der Waals surface area (Å²) in [5, 5.41) is 3.20. The number of anilines is 2. The highest BCUT2D eigenvalue weighted by Gasteiger charge is 2.36. The SMILES string of the molecule is O=C1c2ccccc2NC(c2ccc(F)cc2F)N1c1ccc2c(c1)OCCO2. The number of halogens is 2. The van der Waals surface area contributed by atoms with E-state index in [2.05, 4.69) is 5.32 Å². The minimum Gasteiger partial charge on any atom is -0.486 e. The van der Waals surface area contributed by atoms with Gasteiger partial charge in [-0.15, -0.1) is 0 Å². The van der Waals surface area contributed by atoms with Gasteiger partial charge in [0.25, 0.3) is 5.91 Å². The molecule has 5 rings (SSSR count). The largest absolute Gasteiger partial charge is 0.486 e. The van der Waals surface area contributed by atoms with E-state index in [9.17, 15) is 13.6 Å². The fourth-order valence-corrected chi connectivity index (χ4v) is 3.64. The van der Waals surface area contributed by atoms with E-state index in [1.165, 1.54) is 17.0 Å². The molecule has 0 fully saturated rings. The number of ether oxygens (including phenoxy) is 2. The first kappa shape index (κ1) is 17.5. The van der Waals surface area contributed by atoms with Crippen LogP contribution in [0.1, 0.15) is 22.1 Å². The molecule has 0 saturated heterocycles. The van der Waals surface area contributed by atoms with Crippen LogP contribution in [0.15, 0.2) is 60.7 Å². The quantitative estimate of drug-likeness (QED) is 0.695. The lowest BCUT2D eigenvalue weighted by molar-refractivity contribution is 0.0974. The van der Waals surface area contributed by atoms with Crippen molar-refractivity contribution >= 4 is 17.3 Å². The molecule has 0 saturated carbocycles. The van der Waals surface area contributed by atoms with E-state index in [1.54, 1.807) is 42.5 Å². The van der Waals surface area contributed by atoms with Gasteiger partial charge in [-0.3, -0.25) is 9.69 Å². The van der Waals surface area contributed by atoms with Crippen molar-refractivity contribution in [3.8, 4) is 11.5 Å². The van der Waals surface area contributed by atoms with Crippen LogP contribution in [-0.4, -0.2) is 19.1 Å². The summed E-state index contributed by atoms with van der Waals surface area (Å²) in [6.45, 7) is 0.856. The molecule has 2 heterocycles. The Morgan fingerprint density at radius 2 is 1.72 bits per heavy atom. The first-order valence-corrected chi connectivity index (χ1v) is 9.15. The van der Waals surface area contributed by atoms with Gasteiger partial charge < -0.3 is 14.8 Å². The van der Waals surface area contributed by atoms with Gasteiger partial charge in [-0.25, -0.2) is 8.78 Å². The van der Waals surface area contributed by atoms with Crippen LogP contribution in [0, 0.1) is 11.6 Å². The van der Waals surface area contributed by atoms with E-state index in [-0.39, 0.29) is 11.5 Å². The standard InChI is InChI=1S/C22H16F2N2O3/c23-13-5-7-15(17(24)11-13)21-25-18-4-2-1-3-16(18)22(27)26(21)14-6-8-19-20(12-14)29-10-9-28-19/h1-8,11-12,21,25H,9-10H2. The molecule has 1 N–H and O–H groups in total. The number of benzene rings is 3. The zero-order valence-electron chi connectivity index (χ0n) is 15.2. The topological polar surface area (TPSA) is 50.8 Å². The van der Waals surface area contributed by atoms with Crippen LogP contribution in [0.2, 0.25) is 0 Å². The maximum Gasteiger partial charge on any atom is 0.262 e. The second kappa shape index (κ2) is 6.77. The zero-order chi connectivity index (χ0) is 20.0. The molecule has 29 heavy (non-hydrogen) atoms. The Hall–Kier alpha value is -3.61. The van der Waals surface area contributed by atoms with Gasteiger partial charge in [-0.1, -0.05) is 12.1 Å². The number of hydrogen-bond donors (Lipinski definition) is 1. The van der Waals surface area contributed by atoms with E-state index in [4.69, 9.17) is 9.47 Å². The summed E-state index contributed by atoms with van der Waals surface area (Å²) in [5.41, 5.74) is 1.71. The average molecular weight is 394 g/mol. The molecule has 2 aliphatic rings. The Balaban J connectivity index is 1.66. The van der Waals surface area contributed by atoms with E-state index < -0.39 is 17.8 Å². The predicted molar refractivity (Wildman–Crippen MR) is 103 cm³/mol. The van der Waals surface area contributed by atoms with Crippen LogP contribution in [0.3, 0.4) is 0 Å². The van der Waals surface area contributed by atoms with E-state index >= 15 is 0 Å². The van der Waals surface area contributed by atoms with Crippen molar-refractivity contribution < 1.29 is 23.0 Å². The molecule has 0 spiro atoms. The van der Waals surface area contributed by atoms with Crippen molar-refractivity contribution in [2.75, 3.05) is 23.4 Å². The Bertz CT molecular complexity index is 1120. The Kier molecular flexibility index (Phi) is 4.08. The molecule has 0 aromatic heterocycles. The lowest BCUT2D eigenvalue weighted by Gasteiger charge is -2.38. The van der Waals surface area contributed by atoms with E-state index in [0.717, 1.165) is 6.07 Å². The van der Waals surface area contributed by atoms with Crippen LogP contribution in [0.4, 0.5) is 20.2 Å². The zero-order valence-corrected chi connectivity index (χ0v) is 15.2. The summed E-state index contributed by atoms with van der Waals surface area (Å²) in [5.74, 6) is -0.622. The number of rotatable bonds is 2. The Morgan fingerprint density at radius 3 is 2.55 bits per heavy atom. The summed E-state index contributed by atoms with van der Waals surface area (Å²) >= 11 is 0. The molecule has 0 aliphatic carbocycles. The van der Waals surface area contributed by atoms with Crippen LogP contribution in [0.25, 0.3) is 0 Å². The predicted octanol–water partition coefficient (Wildman–Crippen LogP) is 4.51. The van der Waals surface area contributed by atoms with Crippen LogP contribution in [0.5, 0.6) is 11.5 Å². The summed E-state index contributed by atoms with van der Waals surface area (Å²) in [6.07, 6.45) is -0.861. The molecule has 3 aromatic carbocycles. The van der Waals surface area contributed by atoms with Crippen molar-refractivity contribution in [2.24, 2.45) is 0 Å². The first-order chi connectivity index (χ1) is 14.1. The van der Waals surface area contributed by atoms with Crippen LogP contribution >= 0.6 is 0 Å². The molecular weight excluding hydrogens is 378 g/mol. The lowest BCUT2D eigenvalue weighted by atomic mass is 10.0. The summed E-state index contributed by atoms with van der Waals surface area (Å²) in [6, 6.07) is 15.5. The normalized spacial score (nSPS) is 17.5. The number of para-hydroxylation sites is 1. The summed E-state index contributed by atoms with van der Waals surface area (Å²) < 4.78 is 39.3. The van der Waals surface area contributed by atoms with Gasteiger partial charge in [0.05, 0.1) is 11.3 Å². The molecule has 0 radical (unpaired) electrons. The summed E-state index contributed by atoms with van der Waals surface area (Å²) in [4.78, 5) is 14.8. The van der Waals surface area contributed by atoms with Crippen molar-refractivity contribution in [3.63, 3.8) is 0 Å². The van der Waals surface area contributed by atoms with Crippen molar-refractivity contribution in [1.82, 2.24) is 0 Å². The molecule has 0 bridgehead atoms. The smallest absolute Gasteiger partial charge is 0.262 e. The maximum atomic E-state index is 14.6. The molecule has 7 heteroatoms. The number of amides is 1. The van der Waals surface area contributed by atoms with Gasteiger partial charge >= 0.3 is 0 Å². The Morgan fingerprint density at radius 1 is 0.931 bits per heavy atom. The minimum atomic E-state index is -0.861. The monoisotopic (exact) mass is 394 g/mol. The lowest BCUT2D eigenvalue weighted by Crippen LogP contribution is -2.43. The molecule has 2 aliphatic heterocycles. The van der Waals surface area contributed by atoms with Gasteiger partial charge in [0.1, 0.15) is 31.0 Å². The van der Waals surface area contributed by atoms with Crippen molar-refractivity contribution in [1.29, 1.82) is 0 Å². The number of fused-ring (bicyclic) bond motifs is 2. The highest BCUT2D eigenvalue weighted by molar-refractivity contribution is 6.12. The molecule has 1 amide bonds. The van der Waals surface area contributed by atoms with E-state index in [0.29, 0.717) is 41.7 Å². The second-order valence-electron chi connectivity index (χ2n) is 6.76. The highest BCUT2D eigenvalue weighted by atomic mass is 19.1. The Labute approximate surface area is 165 Å². The van der Waals surface area contributed by atoms with Crippen molar-refractivity contribution in [2.45, 2.75) is 6.17 Å². The molecule has 1 unspecified atom stereocenters. The van der Waals surface area contributed by atoms with Crippen LogP contribution < -0.4 is 19.7 Å². The molecular formula is C22H16F2N2O3. The fourth-order valence-electron chi connectivity index (χ4n) is 3.64. The van der Waals surface area contributed by atoms with Crippen LogP contribution in [-0.2, 0) is 0 Å². The second-order valence-corrected chi connectivity index (χ2v) is 6.76. The van der Waals surface area contributed by atoms with Gasteiger partial charge in [-0.05, 0) is 36.4 Å². The molecule has 5 nitrogen and oxygen atoms in total. The number of carbonyl (C=O) groups is 1. The molecule has 1 atom stereocenters. The minimum absolute atomic E-state index is 0.157. The van der Waals surface area contributed by atoms with Gasteiger partial charge in [-0.2, -0.15) is 0 Å². The fraction of sp³-hybridized carbons (Fsp3) is 0.136. The highest BCUT2D eigenvalue weighted by Crippen LogP contribution is 2.41. The average Bonchev–Trinajstić information content (AvgIpc) is 2.73. The van der Waals surface area contributed by atoms with Gasteiger partial charge in [0.2, 0.25) is 0 Å². The number of carbonyl (C=O) groups excluding carboxylic acids is 1. The van der Waals surface area contributed by atoms with Crippen molar-refractivity contribution in [3.05, 3.63) is 83.4 Å². The molecule has 146 valence electrons. The third-order valence-corrected chi connectivity index (χ3v) is 4.99. The van der Waals surface area contributed by atoms with Gasteiger partial charge in [0, 0.05) is 23.4 Å². The number of nitrogens with one attached hydrogen (secondary N) is 1. The number of nitrogens with zero attached hydrogens (tertiary/aromatic N) is 1. The molecule has 3 aromatic rings. The maximum absolute atomic E-state index is 14.6. The van der Waals surface area contributed by atoms with Gasteiger partial charge in [0.15, 0.2) is 11.5 Å².